The maximum Gasteiger partial charge on any atom is 0.115 e. The summed E-state index contributed by atoms with van der Waals surface area (Å²) in [6.45, 7) is 1.88. The molecule has 1 rings (SSSR count). The third kappa shape index (κ3) is 2.44. The second-order valence-corrected chi connectivity index (χ2v) is 3.09. The Labute approximate surface area is 77.8 Å². The SMILES string of the molecule is CC[C@H](O)[C@H](N)c1ccc(O)cc1. The first-order chi connectivity index (χ1) is 6.15. The van der Waals surface area contributed by atoms with Gasteiger partial charge in [-0.25, -0.2) is 0 Å². The fourth-order valence-corrected chi connectivity index (χ4v) is 1.17. The summed E-state index contributed by atoms with van der Waals surface area (Å²) in [6.07, 6.45) is 0.103. The summed E-state index contributed by atoms with van der Waals surface area (Å²) in [4.78, 5) is 0. The van der Waals surface area contributed by atoms with Gasteiger partial charge in [0.1, 0.15) is 5.75 Å². The molecule has 1 aromatic rings. The summed E-state index contributed by atoms with van der Waals surface area (Å²) in [6, 6.07) is 6.21. The number of aliphatic hydroxyl groups is 1. The van der Waals surface area contributed by atoms with Crippen LogP contribution in [0, 0.1) is 0 Å². The van der Waals surface area contributed by atoms with Gasteiger partial charge in [0.2, 0.25) is 0 Å². The zero-order valence-electron chi connectivity index (χ0n) is 7.64. The number of hydrogen-bond acceptors (Lipinski definition) is 3. The van der Waals surface area contributed by atoms with Gasteiger partial charge in [-0.1, -0.05) is 19.1 Å². The Morgan fingerprint density at radius 1 is 1.31 bits per heavy atom. The lowest BCUT2D eigenvalue weighted by molar-refractivity contribution is 0.140. The molecule has 0 aromatic heterocycles. The molecule has 13 heavy (non-hydrogen) atoms. The van der Waals surface area contributed by atoms with E-state index in [4.69, 9.17) is 10.8 Å². The third-order valence-corrected chi connectivity index (χ3v) is 2.11. The Bertz CT molecular complexity index is 258. The van der Waals surface area contributed by atoms with Gasteiger partial charge < -0.3 is 15.9 Å². The van der Waals surface area contributed by atoms with Crippen molar-refractivity contribution in [3.8, 4) is 5.75 Å². The van der Waals surface area contributed by atoms with Crippen molar-refractivity contribution in [3.05, 3.63) is 29.8 Å². The molecule has 0 heterocycles. The van der Waals surface area contributed by atoms with E-state index in [9.17, 15) is 5.11 Å². The van der Waals surface area contributed by atoms with Crippen LogP contribution in [0.2, 0.25) is 0 Å². The minimum atomic E-state index is -0.524. The normalized spacial score (nSPS) is 15.3. The summed E-state index contributed by atoms with van der Waals surface area (Å²) in [5.74, 6) is 0.210. The molecule has 0 aliphatic heterocycles. The molecule has 0 fully saturated rings. The van der Waals surface area contributed by atoms with Crippen LogP contribution in [0.4, 0.5) is 0 Å². The Kier molecular flexibility index (Phi) is 3.28. The Balaban J connectivity index is 2.77. The Morgan fingerprint density at radius 2 is 1.85 bits per heavy atom. The quantitative estimate of drug-likeness (QED) is 0.655. The van der Waals surface area contributed by atoms with Gasteiger partial charge in [-0.05, 0) is 24.1 Å². The molecule has 2 atom stereocenters. The molecule has 0 bridgehead atoms. The van der Waals surface area contributed by atoms with E-state index in [1.165, 1.54) is 0 Å². The highest BCUT2D eigenvalue weighted by molar-refractivity contribution is 5.28. The average molecular weight is 181 g/mol. The topological polar surface area (TPSA) is 66.5 Å². The van der Waals surface area contributed by atoms with Crippen LogP contribution < -0.4 is 5.73 Å². The minimum Gasteiger partial charge on any atom is -0.508 e. The first-order valence-corrected chi connectivity index (χ1v) is 4.37. The molecule has 0 spiro atoms. The van der Waals surface area contributed by atoms with Crippen LogP contribution in [0.25, 0.3) is 0 Å². The van der Waals surface area contributed by atoms with Crippen LogP contribution in [0.1, 0.15) is 24.9 Å². The largest absolute Gasteiger partial charge is 0.508 e. The fourth-order valence-electron chi connectivity index (χ4n) is 1.17. The van der Waals surface area contributed by atoms with Crippen LogP contribution in [0.15, 0.2) is 24.3 Å². The van der Waals surface area contributed by atoms with Gasteiger partial charge in [0, 0.05) is 0 Å². The first kappa shape index (κ1) is 10.0. The van der Waals surface area contributed by atoms with Gasteiger partial charge in [0.05, 0.1) is 12.1 Å². The molecule has 0 aliphatic carbocycles. The van der Waals surface area contributed by atoms with E-state index >= 15 is 0 Å². The van der Waals surface area contributed by atoms with Crippen LogP contribution >= 0.6 is 0 Å². The number of aromatic hydroxyl groups is 1. The van der Waals surface area contributed by atoms with Gasteiger partial charge in [-0.3, -0.25) is 0 Å². The monoisotopic (exact) mass is 181 g/mol. The van der Waals surface area contributed by atoms with Gasteiger partial charge in [-0.15, -0.1) is 0 Å². The average Bonchev–Trinajstić information content (AvgIpc) is 2.17. The summed E-state index contributed by atoms with van der Waals surface area (Å²) in [5, 5.41) is 18.5. The third-order valence-electron chi connectivity index (χ3n) is 2.11. The first-order valence-electron chi connectivity index (χ1n) is 4.37. The lowest BCUT2D eigenvalue weighted by Crippen LogP contribution is -2.25. The second-order valence-electron chi connectivity index (χ2n) is 3.09. The van der Waals surface area contributed by atoms with Gasteiger partial charge in [0.15, 0.2) is 0 Å². The minimum absolute atomic E-state index is 0.210. The second kappa shape index (κ2) is 4.25. The van der Waals surface area contributed by atoms with E-state index in [-0.39, 0.29) is 11.8 Å². The van der Waals surface area contributed by atoms with Crippen LogP contribution in [-0.4, -0.2) is 16.3 Å². The predicted molar refractivity (Wildman–Crippen MR) is 51.3 cm³/mol. The van der Waals surface area contributed by atoms with Gasteiger partial charge >= 0.3 is 0 Å². The van der Waals surface area contributed by atoms with E-state index in [2.05, 4.69) is 0 Å². The molecule has 3 heteroatoms. The van der Waals surface area contributed by atoms with E-state index < -0.39 is 6.10 Å². The summed E-state index contributed by atoms with van der Waals surface area (Å²) in [5.41, 5.74) is 6.61. The van der Waals surface area contributed by atoms with Crippen molar-refractivity contribution in [1.29, 1.82) is 0 Å². The molecule has 0 radical (unpaired) electrons. The van der Waals surface area contributed by atoms with Crippen molar-refractivity contribution in [2.45, 2.75) is 25.5 Å². The number of aliphatic hydroxyl groups excluding tert-OH is 1. The molecule has 0 aliphatic rings. The fraction of sp³-hybridized carbons (Fsp3) is 0.400. The van der Waals surface area contributed by atoms with E-state index in [1.54, 1.807) is 24.3 Å². The van der Waals surface area contributed by atoms with Crippen molar-refractivity contribution in [3.63, 3.8) is 0 Å². The van der Waals surface area contributed by atoms with Crippen molar-refractivity contribution < 1.29 is 10.2 Å². The smallest absolute Gasteiger partial charge is 0.115 e. The molecule has 0 saturated carbocycles. The zero-order chi connectivity index (χ0) is 9.84. The number of phenols is 1. The molecule has 72 valence electrons. The number of phenolic OH excluding ortho intramolecular Hbond substituents is 1. The number of benzene rings is 1. The van der Waals surface area contributed by atoms with Crippen LogP contribution in [0.5, 0.6) is 5.75 Å². The molecule has 0 saturated heterocycles. The number of nitrogens with two attached hydrogens (primary N) is 1. The highest BCUT2D eigenvalue weighted by atomic mass is 16.3. The molecule has 1 aromatic carbocycles. The Morgan fingerprint density at radius 3 is 2.31 bits per heavy atom. The van der Waals surface area contributed by atoms with Gasteiger partial charge in [0.25, 0.3) is 0 Å². The molecular formula is C10H15NO2. The van der Waals surface area contributed by atoms with E-state index in [1.807, 2.05) is 6.92 Å². The summed E-state index contributed by atoms with van der Waals surface area (Å²) in [7, 11) is 0. The standard InChI is InChI=1S/C10H15NO2/c1-2-9(13)10(11)7-3-5-8(12)6-4-7/h3-6,9-10,12-13H,2,11H2,1H3/t9-,10+/m0/s1. The molecule has 3 nitrogen and oxygen atoms in total. The predicted octanol–water partition coefficient (Wildman–Crippen LogP) is 1.16. The van der Waals surface area contributed by atoms with Gasteiger partial charge in [-0.2, -0.15) is 0 Å². The number of hydrogen-bond donors (Lipinski definition) is 3. The van der Waals surface area contributed by atoms with Crippen molar-refractivity contribution in [1.82, 2.24) is 0 Å². The summed E-state index contributed by atoms with van der Waals surface area (Å²) >= 11 is 0. The lowest BCUT2D eigenvalue weighted by atomic mass is 10.0. The highest BCUT2D eigenvalue weighted by Crippen LogP contribution is 2.18. The van der Waals surface area contributed by atoms with E-state index in [0.717, 1.165) is 5.56 Å². The van der Waals surface area contributed by atoms with E-state index in [0.29, 0.717) is 6.42 Å². The van der Waals surface area contributed by atoms with Crippen molar-refractivity contribution in [2.75, 3.05) is 0 Å². The van der Waals surface area contributed by atoms with Crippen molar-refractivity contribution in [2.24, 2.45) is 5.73 Å². The highest BCUT2D eigenvalue weighted by Gasteiger charge is 2.14. The van der Waals surface area contributed by atoms with Crippen LogP contribution in [0.3, 0.4) is 0 Å². The van der Waals surface area contributed by atoms with Crippen LogP contribution in [-0.2, 0) is 0 Å². The summed E-state index contributed by atoms with van der Waals surface area (Å²) < 4.78 is 0. The number of rotatable bonds is 3. The molecule has 4 N–H and O–H groups in total. The zero-order valence-corrected chi connectivity index (χ0v) is 7.64. The maximum absolute atomic E-state index is 9.46. The maximum atomic E-state index is 9.46. The molecular weight excluding hydrogens is 166 g/mol. The molecule has 0 unspecified atom stereocenters. The van der Waals surface area contributed by atoms with Crippen molar-refractivity contribution >= 4 is 0 Å². The molecule has 0 amide bonds. The lowest BCUT2D eigenvalue weighted by Gasteiger charge is -2.17. The Hall–Kier alpha value is -1.06.